The van der Waals surface area contributed by atoms with Crippen LogP contribution in [0.2, 0.25) is 0 Å². The third-order valence-electron chi connectivity index (χ3n) is 6.41. The summed E-state index contributed by atoms with van der Waals surface area (Å²) < 4.78 is 7.77. The van der Waals surface area contributed by atoms with Crippen molar-refractivity contribution in [3.05, 3.63) is 47.5 Å². The second-order valence-corrected chi connectivity index (χ2v) is 8.12. The lowest BCUT2D eigenvalue weighted by atomic mass is 9.83. The molecular formula is C22H32N4O. The summed E-state index contributed by atoms with van der Waals surface area (Å²) in [5.74, 6) is 3.83. The summed E-state index contributed by atoms with van der Waals surface area (Å²) in [5.41, 5.74) is 2.60. The minimum absolute atomic E-state index is 0.805. The Kier molecular flexibility index (Phi) is 5.79. The Morgan fingerprint density at radius 2 is 2.00 bits per heavy atom. The molecule has 0 saturated carbocycles. The zero-order valence-electron chi connectivity index (χ0n) is 16.7. The Bertz CT molecular complexity index is 743. The molecule has 146 valence electrons. The number of imidazole rings is 1. The Morgan fingerprint density at radius 3 is 2.67 bits per heavy atom. The van der Waals surface area contributed by atoms with Crippen molar-refractivity contribution in [3.8, 4) is 5.75 Å². The van der Waals surface area contributed by atoms with E-state index < -0.39 is 0 Å². The Balaban J connectivity index is 1.39. The van der Waals surface area contributed by atoms with E-state index in [2.05, 4.69) is 38.0 Å². The molecule has 0 aliphatic carbocycles. The van der Waals surface area contributed by atoms with Crippen molar-refractivity contribution in [1.29, 1.82) is 0 Å². The predicted octanol–water partition coefficient (Wildman–Crippen LogP) is 3.07. The highest BCUT2D eigenvalue weighted by atomic mass is 16.5. The van der Waals surface area contributed by atoms with Gasteiger partial charge in [-0.1, -0.05) is 6.07 Å². The van der Waals surface area contributed by atoms with Crippen LogP contribution >= 0.6 is 0 Å². The average Bonchev–Trinajstić information content (AvgIpc) is 3.35. The third-order valence-corrected chi connectivity index (χ3v) is 6.41. The van der Waals surface area contributed by atoms with E-state index in [1.807, 2.05) is 19.3 Å². The van der Waals surface area contributed by atoms with Crippen molar-refractivity contribution in [2.75, 3.05) is 33.3 Å². The van der Waals surface area contributed by atoms with Crippen molar-refractivity contribution >= 4 is 0 Å². The molecule has 2 aromatic rings. The molecule has 5 heteroatoms. The summed E-state index contributed by atoms with van der Waals surface area (Å²) in [7, 11) is 1.75. The molecule has 1 aromatic heterocycles. The molecule has 2 fully saturated rings. The number of aromatic nitrogens is 2. The molecule has 5 nitrogen and oxygen atoms in total. The van der Waals surface area contributed by atoms with Gasteiger partial charge < -0.3 is 14.6 Å². The summed E-state index contributed by atoms with van der Waals surface area (Å²) in [6.07, 6.45) is 7.97. The van der Waals surface area contributed by atoms with E-state index in [1.54, 1.807) is 7.11 Å². The van der Waals surface area contributed by atoms with Crippen molar-refractivity contribution in [2.45, 2.75) is 39.3 Å². The second kappa shape index (κ2) is 8.44. The van der Waals surface area contributed by atoms with Gasteiger partial charge in [0.2, 0.25) is 0 Å². The van der Waals surface area contributed by atoms with Gasteiger partial charge in [0.05, 0.1) is 13.7 Å². The number of aryl methyl sites for hydroxylation is 1. The molecule has 0 bridgehead atoms. The largest absolute Gasteiger partial charge is 0.496 e. The summed E-state index contributed by atoms with van der Waals surface area (Å²) in [4.78, 5) is 6.95. The number of nitrogens with zero attached hydrogens (tertiary/aromatic N) is 3. The molecule has 2 aliphatic rings. The van der Waals surface area contributed by atoms with Crippen LogP contribution in [0.5, 0.6) is 5.75 Å². The van der Waals surface area contributed by atoms with Gasteiger partial charge in [0.25, 0.3) is 0 Å². The summed E-state index contributed by atoms with van der Waals surface area (Å²) in [6, 6.07) is 6.65. The van der Waals surface area contributed by atoms with Gasteiger partial charge in [0.1, 0.15) is 11.6 Å². The fourth-order valence-corrected chi connectivity index (χ4v) is 4.73. The van der Waals surface area contributed by atoms with E-state index in [0.29, 0.717) is 0 Å². The average molecular weight is 369 g/mol. The predicted molar refractivity (Wildman–Crippen MR) is 108 cm³/mol. The molecule has 1 atom stereocenters. The molecule has 3 heterocycles. The normalized spacial score (nSPS) is 21.6. The molecule has 1 aromatic carbocycles. The van der Waals surface area contributed by atoms with Crippen molar-refractivity contribution in [3.63, 3.8) is 0 Å². The summed E-state index contributed by atoms with van der Waals surface area (Å²) in [5, 5.41) is 3.53. The number of rotatable bonds is 6. The van der Waals surface area contributed by atoms with Crippen LogP contribution in [0.1, 0.15) is 36.2 Å². The van der Waals surface area contributed by atoms with Gasteiger partial charge in [0, 0.05) is 24.5 Å². The first-order valence-corrected chi connectivity index (χ1v) is 10.3. The first-order chi connectivity index (χ1) is 13.2. The highest BCUT2D eigenvalue weighted by Gasteiger charge is 2.28. The summed E-state index contributed by atoms with van der Waals surface area (Å²) >= 11 is 0. The van der Waals surface area contributed by atoms with E-state index >= 15 is 0 Å². The molecule has 0 spiro atoms. The molecule has 2 saturated heterocycles. The molecule has 0 radical (unpaired) electrons. The topological polar surface area (TPSA) is 42.3 Å². The molecule has 4 rings (SSSR count). The highest BCUT2D eigenvalue weighted by Crippen LogP contribution is 2.30. The maximum atomic E-state index is 5.60. The van der Waals surface area contributed by atoms with Crippen LogP contribution in [0.3, 0.4) is 0 Å². The Hall–Kier alpha value is -1.85. The van der Waals surface area contributed by atoms with Crippen LogP contribution in [0.15, 0.2) is 30.6 Å². The van der Waals surface area contributed by atoms with Crippen molar-refractivity contribution in [1.82, 2.24) is 19.8 Å². The maximum absolute atomic E-state index is 5.60. The molecule has 0 amide bonds. The number of piperidine rings is 1. The third kappa shape index (κ3) is 4.36. The second-order valence-electron chi connectivity index (χ2n) is 8.12. The van der Waals surface area contributed by atoms with Crippen molar-refractivity contribution < 1.29 is 4.74 Å². The molecule has 2 aliphatic heterocycles. The Labute approximate surface area is 162 Å². The van der Waals surface area contributed by atoms with Gasteiger partial charge in [0.15, 0.2) is 0 Å². The lowest BCUT2D eigenvalue weighted by molar-refractivity contribution is 0.146. The lowest BCUT2D eigenvalue weighted by Crippen LogP contribution is -2.36. The summed E-state index contributed by atoms with van der Waals surface area (Å²) in [6.45, 7) is 8.79. The van der Waals surface area contributed by atoms with Crippen molar-refractivity contribution in [2.24, 2.45) is 11.8 Å². The van der Waals surface area contributed by atoms with Gasteiger partial charge in [-0.3, -0.25) is 4.90 Å². The van der Waals surface area contributed by atoms with Crippen LogP contribution in [-0.4, -0.2) is 47.7 Å². The van der Waals surface area contributed by atoms with E-state index in [1.165, 1.54) is 56.6 Å². The molecule has 27 heavy (non-hydrogen) atoms. The molecular weight excluding hydrogens is 336 g/mol. The van der Waals surface area contributed by atoms with Crippen LogP contribution < -0.4 is 10.1 Å². The quantitative estimate of drug-likeness (QED) is 0.851. The standard InChI is InChI=1S/C22H32N4O/c1-17-24-9-12-26(17)16-21-13-18(3-4-22(21)27-2)15-25-10-6-19(7-11-25)20-5-8-23-14-20/h3-4,9,12-13,19-20,23H,5-8,10-11,14-16H2,1-2H3. The van der Waals surface area contributed by atoms with Crippen LogP contribution in [0, 0.1) is 18.8 Å². The van der Waals surface area contributed by atoms with Gasteiger partial charge >= 0.3 is 0 Å². The van der Waals surface area contributed by atoms with Gasteiger partial charge in [-0.2, -0.15) is 0 Å². The van der Waals surface area contributed by atoms with E-state index in [9.17, 15) is 0 Å². The maximum Gasteiger partial charge on any atom is 0.123 e. The fourth-order valence-electron chi connectivity index (χ4n) is 4.73. The number of methoxy groups -OCH3 is 1. The SMILES string of the molecule is COc1ccc(CN2CCC(C3CCNC3)CC2)cc1Cn1ccnc1C. The fraction of sp³-hybridized carbons (Fsp3) is 0.591. The van der Waals surface area contributed by atoms with Crippen LogP contribution in [0.4, 0.5) is 0 Å². The van der Waals surface area contributed by atoms with Crippen LogP contribution in [0.25, 0.3) is 0 Å². The number of nitrogens with one attached hydrogen (secondary N) is 1. The number of likely N-dealkylation sites (tertiary alicyclic amines) is 1. The molecule has 1 N–H and O–H groups in total. The first kappa shape index (κ1) is 18.5. The first-order valence-electron chi connectivity index (χ1n) is 10.3. The van der Waals surface area contributed by atoms with Gasteiger partial charge in [-0.05, 0) is 81.9 Å². The minimum atomic E-state index is 0.805. The Morgan fingerprint density at radius 1 is 1.15 bits per heavy atom. The highest BCUT2D eigenvalue weighted by molar-refractivity contribution is 5.37. The lowest BCUT2D eigenvalue weighted by Gasteiger charge is -2.34. The monoisotopic (exact) mass is 368 g/mol. The zero-order chi connectivity index (χ0) is 18.6. The van der Waals surface area contributed by atoms with E-state index in [4.69, 9.17) is 4.74 Å². The van der Waals surface area contributed by atoms with Gasteiger partial charge in [-0.25, -0.2) is 4.98 Å². The number of benzene rings is 1. The molecule has 1 unspecified atom stereocenters. The zero-order valence-corrected chi connectivity index (χ0v) is 16.7. The smallest absolute Gasteiger partial charge is 0.123 e. The number of ether oxygens (including phenoxy) is 1. The van der Waals surface area contributed by atoms with E-state index in [0.717, 1.165) is 36.5 Å². The number of hydrogen-bond acceptors (Lipinski definition) is 4. The van der Waals surface area contributed by atoms with Crippen LogP contribution in [-0.2, 0) is 13.1 Å². The minimum Gasteiger partial charge on any atom is -0.496 e. The van der Waals surface area contributed by atoms with Gasteiger partial charge in [-0.15, -0.1) is 0 Å². The number of hydrogen-bond donors (Lipinski definition) is 1. The van der Waals surface area contributed by atoms with E-state index in [-0.39, 0.29) is 0 Å².